The number of unbranched alkanes of at least 4 members (excludes halogenated alkanes) is 2. The molecule has 0 saturated carbocycles. The van der Waals surface area contributed by atoms with Gasteiger partial charge in [-0.25, -0.2) is 0 Å². The van der Waals surface area contributed by atoms with Crippen LogP contribution in [0.5, 0.6) is 0 Å². The number of rotatable bonds is 8. The molecule has 132 valence electrons. The van der Waals surface area contributed by atoms with Crippen LogP contribution in [0.15, 0.2) is 42.2 Å². The van der Waals surface area contributed by atoms with Crippen LogP contribution in [0.2, 0.25) is 0 Å². The first-order valence-corrected chi connectivity index (χ1v) is 8.96. The Labute approximate surface area is 145 Å². The summed E-state index contributed by atoms with van der Waals surface area (Å²) in [5.74, 6) is 0.875. The maximum absolute atomic E-state index is 12.5. The van der Waals surface area contributed by atoms with E-state index in [0.717, 1.165) is 31.4 Å². The summed E-state index contributed by atoms with van der Waals surface area (Å²) in [7, 11) is 0. The molecular weight excluding hydrogens is 302 g/mol. The van der Waals surface area contributed by atoms with E-state index < -0.39 is 0 Å². The topological polar surface area (TPSA) is 47.6 Å². The van der Waals surface area contributed by atoms with E-state index in [9.17, 15) is 4.79 Å². The van der Waals surface area contributed by atoms with Gasteiger partial charge in [-0.1, -0.05) is 51.8 Å². The lowest BCUT2D eigenvalue weighted by Gasteiger charge is -2.30. The van der Waals surface area contributed by atoms with Crippen molar-refractivity contribution in [2.45, 2.75) is 52.7 Å². The van der Waals surface area contributed by atoms with Crippen LogP contribution in [-0.2, 0) is 14.3 Å². The number of anilines is 1. The molecule has 0 aliphatic carbocycles. The Morgan fingerprint density at radius 2 is 2.04 bits per heavy atom. The summed E-state index contributed by atoms with van der Waals surface area (Å²) in [6.45, 7) is 7.16. The van der Waals surface area contributed by atoms with Gasteiger partial charge < -0.3 is 14.8 Å². The minimum absolute atomic E-state index is 0.214. The third kappa shape index (κ3) is 5.68. The summed E-state index contributed by atoms with van der Waals surface area (Å²) in [5, 5.41) is 2.88. The van der Waals surface area contributed by atoms with Gasteiger partial charge in [-0.05, 0) is 36.5 Å². The standard InChI is InChI=1S/C20H29NO3/c1-4-5-9-12-23-19-14-16(15(2)3)13-18(24-19)20(22)21-17-10-7-6-8-11-17/h6-8,10-11,13,15-16,19H,4-5,9,12,14H2,1-3H3,(H,21,22)/t16-,19+/m1/s1. The third-order valence-electron chi connectivity index (χ3n) is 4.25. The molecule has 0 radical (unpaired) electrons. The van der Waals surface area contributed by atoms with Crippen molar-refractivity contribution in [2.75, 3.05) is 11.9 Å². The smallest absolute Gasteiger partial charge is 0.290 e. The van der Waals surface area contributed by atoms with E-state index in [2.05, 4.69) is 26.1 Å². The van der Waals surface area contributed by atoms with Crippen molar-refractivity contribution in [2.24, 2.45) is 11.8 Å². The van der Waals surface area contributed by atoms with Crippen molar-refractivity contribution in [1.29, 1.82) is 0 Å². The minimum atomic E-state index is -0.337. The van der Waals surface area contributed by atoms with Crippen molar-refractivity contribution in [3.8, 4) is 0 Å². The van der Waals surface area contributed by atoms with Crippen LogP contribution >= 0.6 is 0 Å². The first-order valence-electron chi connectivity index (χ1n) is 8.96. The highest BCUT2D eigenvalue weighted by Crippen LogP contribution is 2.29. The molecule has 1 heterocycles. The number of para-hydroxylation sites is 1. The molecule has 24 heavy (non-hydrogen) atoms. The molecule has 2 rings (SSSR count). The summed E-state index contributed by atoms with van der Waals surface area (Å²) in [6.07, 6.45) is 5.74. The van der Waals surface area contributed by atoms with Crippen LogP contribution in [0.4, 0.5) is 5.69 Å². The van der Waals surface area contributed by atoms with E-state index in [4.69, 9.17) is 9.47 Å². The van der Waals surface area contributed by atoms with Gasteiger partial charge in [-0.3, -0.25) is 4.79 Å². The van der Waals surface area contributed by atoms with Crippen LogP contribution in [0, 0.1) is 11.8 Å². The van der Waals surface area contributed by atoms with Crippen LogP contribution < -0.4 is 5.32 Å². The average Bonchev–Trinajstić information content (AvgIpc) is 2.59. The number of carbonyl (C=O) groups is 1. The molecule has 1 aromatic carbocycles. The van der Waals surface area contributed by atoms with Gasteiger partial charge in [0.25, 0.3) is 5.91 Å². The summed E-state index contributed by atoms with van der Waals surface area (Å²) in [4.78, 5) is 12.5. The van der Waals surface area contributed by atoms with E-state index in [-0.39, 0.29) is 18.1 Å². The van der Waals surface area contributed by atoms with E-state index in [1.807, 2.05) is 36.4 Å². The molecule has 0 spiro atoms. The molecule has 4 heteroatoms. The predicted octanol–water partition coefficient (Wildman–Crippen LogP) is 4.73. The van der Waals surface area contributed by atoms with Gasteiger partial charge in [0.2, 0.25) is 6.29 Å². The Kier molecular flexibility index (Phi) is 7.32. The van der Waals surface area contributed by atoms with E-state index in [1.165, 1.54) is 0 Å². The maximum atomic E-state index is 12.5. The Hall–Kier alpha value is -1.81. The largest absolute Gasteiger partial charge is 0.459 e. The zero-order chi connectivity index (χ0) is 17.4. The SMILES string of the molecule is CCCCCO[C@@H]1C[C@H](C(C)C)C=C(C(=O)Nc2ccccc2)O1. The lowest BCUT2D eigenvalue weighted by molar-refractivity contribution is -0.148. The summed E-state index contributed by atoms with van der Waals surface area (Å²) < 4.78 is 11.7. The monoisotopic (exact) mass is 331 g/mol. The number of hydrogen-bond donors (Lipinski definition) is 1. The van der Waals surface area contributed by atoms with Crippen LogP contribution in [0.25, 0.3) is 0 Å². The molecule has 0 bridgehead atoms. The molecule has 0 unspecified atom stereocenters. The normalized spacial score (nSPS) is 20.4. The van der Waals surface area contributed by atoms with Crippen molar-refractivity contribution >= 4 is 11.6 Å². The van der Waals surface area contributed by atoms with Gasteiger partial charge in [-0.2, -0.15) is 0 Å². The Bertz CT molecular complexity index is 539. The van der Waals surface area contributed by atoms with Gasteiger partial charge in [0.1, 0.15) is 0 Å². The van der Waals surface area contributed by atoms with Gasteiger partial charge in [0.05, 0.1) is 6.61 Å². The van der Waals surface area contributed by atoms with Crippen molar-refractivity contribution in [3.63, 3.8) is 0 Å². The molecule has 1 amide bonds. The first-order chi connectivity index (χ1) is 11.6. The minimum Gasteiger partial charge on any atom is -0.459 e. The number of amides is 1. The molecule has 0 aromatic heterocycles. The van der Waals surface area contributed by atoms with Gasteiger partial charge >= 0.3 is 0 Å². The van der Waals surface area contributed by atoms with E-state index >= 15 is 0 Å². The quantitative estimate of drug-likeness (QED) is 0.700. The van der Waals surface area contributed by atoms with Gasteiger partial charge in [0, 0.05) is 12.1 Å². The second-order valence-electron chi connectivity index (χ2n) is 6.62. The fraction of sp³-hybridized carbons (Fsp3) is 0.550. The van der Waals surface area contributed by atoms with Crippen molar-refractivity contribution in [1.82, 2.24) is 0 Å². The summed E-state index contributed by atoms with van der Waals surface area (Å²) in [5.41, 5.74) is 0.763. The number of ether oxygens (including phenoxy) is 2. The zero-order valence-electron chi connectivity index (χ0n) is 15.0. The Balaban J connectivity index is 1.98. The number of carbonyl (C=O) groups excluding carboxylic acids is 1. The summed E-state index contributed by atoms with van der Waals surface area (Å²) in [6, 6.07) is 9.42. The Morgan fingerprint density at radius 1 is 1.29 bits per heavy atom. The lowest BCUT2D eigenvalue weighted by Crippen LogP contribution is -2.31. The lowest BCUT2D eigenvalue weighted by atomic mass is 9.90. The molecule has 4 nitrogen and oxygen atoms in total. The van der Waals surface area contributed by atoms with Gasteiger partial charge in [0.15, 0.2) is 5.76 Å². The molecule has 2 atom stereocenters. The number of hydrogen-bond acceptors (Lipinski definition) is 3. The van der Waals surface area contributed by atoms with Gasteiger partial charge in [-0.15, -0.1) is 0 Å². The highest BCUT2D eigenvalue weighted by molar-refractivity contribution is 6.02. The molecule has 1 aliphatic rings. The highest BCUT2D eigenvalue weighted by atomic mass is 16.7. The number of benzene rings is 1. The highest BCUT2D eigenvalue weighted by Gasteiger charge is 2.29. The fourth-order valence-corrected chi connectivity index (χ4v) is 2.69. The first kappa shape index (κ1) is 18.5. The number of allylic oxidation sites excluding steroid dienone is 1. The van der Waals surface area contributed by atoms with Crippen molar-refractivity contribution < 1.29 is 14.3 Å². The van der Waals surface area contributed by atoms with E-state index in [0.29, 0.717) is 18.3 Å². The average molecular weight is 331 g/mol. The molecule has 0 fully saturated rings. The van der Waals surface area contributed by atoms with Crippen molar-refractivity contribution in [3.05, 3.63) is 42.2 Å². The van der Waals surface area contributed by atoms with Crippen LogP contribution in [0.1, 0.15) is 46.5 Å². The second-order valence-corrected chi connectivity index (χ2v) is 6.62. The molecule has 0 saturated heterocycles. The fourth-order valence-electron chi connectivity index (χ4n) is 2.69. The molecular formula is C20H29NO3. The van der Waals surface area contributed by atoms with Crippen LogP contribution in [-0.4, -0.2) is 18.8 Å². The number of nitrogens with one attached hydrogen (secondary N) is 1. The predicted molar refractivity (Wildman–Crippen MR) is 96.4 cm³/mol. The molecule has 1 aromatic rings. The zero-order valence-corrected chi connectivity index (χ0v) is 15.0. The maximum Gasteiger partial charge on any atom is 0.290 e. The third-order valence-corrected chi connectivity index (χ3v) is 4.25. The Morgan fingerprint density at radius 3 is 2.71 bits per heavy atom. The summed E-state index contributed by atoms with van der Waals surface area (Å²) >= 11 is 0. The molecule has 1 N–H and O–H groups in total. The van der Waals surface area contributed by atoms with Crippen LogP contribution in [0.3, 0.4) is 0 Å². The molecule has 1 aliphatic heterocycles. The van der Waals surface area contributed by atoms with E-state index in [1.54, 1.807) is 0 Å². The second kappa shape index (κ2) is 9.48.